The minimum atomic E-state index is -0.333. The highest BCUT2D eigenvalue weighted by atomic mass is 16.5. The van der Waals surface area contributed by atoms with Crippen molar-refractivity contribution in [3.8, 4) is 0 Å². The maximum absolute atomic E-state index is 11.3. The van der Waals surface area contributed by atoms with Crippen LogP contribution >= 0.6 is 0 Å². The molecule has 0 unspecified atom stereocenters. The quantitative estimate of drug-likeness (QED) is 0.420. The Balaban J connectivity index is 1.93. The molecule has 1 fully saturated rings. The van der Waals surface area contributed by atoms with Crippen molar-refractivity contribution in [1.29, 1.82) is 0 Å². The van der Waals surface area contributed by atoms with Crippen LogP contribution in [0.15, 0.2) is 16.7 Å². The second-order valence-corrected chi connectivity index (χ2v) is 4.47. The minimum Gasteiger partial charge on any atom is -0.467 e. The highest BCUT2D eigenvalue weighted by Gasteiger charge is 2.29. The number of carbonyl (C=O) groups is 1. The Morgan fingerprint density at radius 2 is 2.44 bits per heavy atom. The molecule has 0 atom stereocenters. The van der Waals surface area contributed by atoms with Crippen LogP contribution in [-0.2, 0) is 11.3 Å². The zero-order valence-corrected chi connectivity index (χ0v) is 10.5. The smallest absolute Gasteiger partial charge is 0.268 e. The zero-order valence-electron chi connectivity index (χ0n) is 10.5. The van der Waals surface area contributed by atoms with E-state index < -0.39 is 0 Å². The van der Waals surface area contributed by atoms with Gasteiger partial charge < -0.3 is 9.15 Å². The Morgan fingerprint density at radius 3 is 3.06 bits per heavy atom. The van der Waals surface area contributed by atoms with Gasteiger partial charge in [0.1, 0.15) is 12.0 Å². The van der Waals surface area contributed by atoms with E-state index in [9.17, 15) is 4.79 Å². The molecule has 1 aromatic heterocycles. The van der Waals surface area contributed by atoms with Gasteiger partial charge in [0, 0.05) is 19.7 Å². The van der Waals surface area contributed by atoms with E-state index in [4.69, 9.17) is 15.0 Å². The van der Waals surface area contributed by atoms with Crippen LogP contribution in [-0.4, -0.2) is 37.1 Å². The predicted molar refractivity (Wildman–Crippen MR) is 65.7 cm³/mol. The fourth-order valence-electron chi connectivity index (χ4n) is 1.91. The third kappa shape index (κ3) is 3.32. The Kier molecular flexibility index (Phi) is 4.35. The fraction of sp³-hybridized carbons (Fsp3) is 0.583. The van der Waals surface area contributed by atoms with E-state index in [0.29, 0.717) is 24.8 Å². The predicted octanol–water partition coefficient (Wildman–Crippen LogP) is 0.494. The first-order valence-corrected chi connectivity index (χ1v) is 6.06. The molecule has 3 N–H and O–H groups in total. The molecule has 0 aromatic carbocycles. The largest absolute Gasteiger partial charge is 0.467 e. The summed E-state index contributed by atoms with van der Waals surface area (Å²) in [5.74, 6) is 5.51. The number of methoxy groups -OCH3 is 1. The van der Waals surface area contributed by atoms with E-state index >= 15 is 0 Å². The summed E-state index contributed by atoms with van der Waals surface area (Å²) in [7, 11) is 1.70. The summed E-state index contributed by atoms with van der Waals surface area (Å²) in [6, 6.07) is 2.35. The summed E-state index contributed by atoms with van der Waals surface area (Å²) >= 11 is 0. The third-order valence-electron chi connectivity index (χ3n) is 3.05. The number of carbonyl (C=O) groups excluding carboxylic acids is 1. The lowest BCUT2D eigenvalue weighted by atomic mass is 10.3. The number of nitrogens with one attached hydrogen (secondary N) is 1. The maximum atomic E-state index is 11.3. The monoisotopic (exact) mass is 253 g/mol. The summed E-state index contributed by atoms with van der Waals surface area (Å²) in [6.45, 7) is 2.28. The van der Waals surface area contributed by atoms with Gasteiger partial charge in [0.05, 0.1) is 18.7 Å². The van der Waals surface area contributed by atoms with E-state index in [0.717, 1.165) is 12.3 Å². The van der Waals surface area contributed by atoms with Crippen molar-refractivity contribution in [3.05, 3.63) is 23.7 Å². The van der Waals surface area contributed by atoms with Crippen molar-refractivity contribution in [2.24, 2.45) is 5.84 Å². The van der Waals surface area contributed by atoms with Gasteiger partial charge >= 0.3 is 0 Å². The molecule has 1 aliphatic carbocycles. The molecule has 100 valence electrons. The van der Waals surface area contributed by atoms with E-state index in [2.05, 4.69) is 10.3 Å². The van der Waals surface area contributed by atoms with E-state index in [1.54, 1.807) is 13.2 Å². The lowest BCUT2D eigenvalue weighted by molar-refractivity contribution is 0.0953. The first-order chi connectivity index (χ1) is 8.74. The highest BCUT2D eigenvalue weighted by Crippen LogP contribution is 2.28. The highest BCUT2D eigenvalue weighted by molar-refractivity contribution is 5.93. The summed E-state index contributed by atoms with van der Waals surface area (Å²) < 4.78 is 10.5. The summed E-state index contributed by atoms with van der Waals surface area (Å²) in [5.41, 5.74) is 2.54. The van der Waals surface area contributed by atoms with Crippen LogP contribution in [0.4, 0.5) is 0 Å². The van der Waals surface area contributed by atoms with Crippen LogP contribution in [0.1, 0.15) is 29.0 Å². The standard InChI is InChI=1S/C12H19N3O3/c1-17-5-4-15(10-2-3-10)7-11-6-9(8-18-11)12(16)14-13/h6,8,10H,2-5,7,13H2,1H3,(H,14,16). The zero-order chi connectivity index (χ0) is 13.0. The Hall–Kier alpha value is -1.37. The average molecular weight is 253 g/mol. The second kappa shape index (κ2) is 5.99. The molecule has 1 aromatic rings. The molecule has 1 amide bonds. The van der Waals surface area contributed by atoms with Crippen molar-refractivity contribution in [1.82, 2.24) is 10.3 Å². The maximum Gasteiger partial charge on any atom is 0.268 e. The second-order valence-electron chi connectivity index (χ2n) is 4.47. The van der Waals surface area contributed by atoms with Gasteiger partial charge in [-0.25, -0.2) is 5.84 Å². The number of nitrogens with zero attached hydrogens (tertiary/aromatic N) is 1. The molecule has 0 saturated heterocycles. The van der Waals surface area contributed by atoms with E-state index in [1.165, 1.54) is 19.1 Å². The normalized spacial score (nSPS) is 15.1. The Bertz CT molecular complexity index is 401. The topological polar surface area (TPSA) is 80.7 Å². The van der Waals surface area contributed by atoms with Crippen LogP contribution in [0.5, 0.6) is 0 Å². The number of hydrazine groups is 1. The summed E-state index contributed by atoms with van der Waals surface area (Å²) in [4.78, 5) is 13.6. The molecule has 6 nitrogen and oxygen atoms in total. The van der Waals surface area contributed by atoms with E-state index in [-0.39, 0.29) is 5.91 Å². The van der Waals surface area contributed by atoms with Gasteiger partial charge in [0.15, 0.2) is 0 Å². The van der Waals surface area contributed by atoms with E-state index in [1.807, 2.05) is 0 Å². The number of furan rings is 1. The summed E-state index contributed by atoms with van der Waals surface area (Å²) in [5, 5.41) is 0. The molecule has 0 radical (unpaired) electrons. The number of nitrogen functional groups attached to an aromatic ring is 1. The molecule has 0 spiro atoms. The van der Waals surface area contributed by atoms with Crippen LogP contribution < -0.4 is 11.3 Å². The van der Waals surface area contributed by atoms with Crippen molar-refractivity contribution < 1.29 is 13.9 Å². The van der Waals surface area contributed by atoms with Crippen molar-refractivity contribution >= 4 is 5.91 Å². The fourth-order valence-corrected chi connectivity index (χ4v) is 1.91. The molecule has 18 heavy (non-hydrogen) atoms. The number of hydrogen-bond donors (Lipinski definition) is 2. The van der Waals surface area contributed by atoms with Gasteiger partial charge in [-0.1, -0.05) is 0 Å². The van der Waals surface area contributed by atoms with Gasteiger partial charge in [-0.15, -0.1) is 0 Å². The molecule has 0 aliphatic heterocycles. The van der Waals surface area contributed by atoms with Gasteiger partial charge in [0.2, 0.25) is 0 Å². The number of ether oxygens (including phenoxy) is 1. The lowest BCUT2D eigenvalue weighted by Crippen LogP contribution is -2.30. The molecule has 2 rings (SSSR count). The van der Waals surface area contributed by atoms with Crippen LogP contribution in [0.3, 0.4) is 0 Å². The molecule has 1 aliphatic rings. The van der Waals surface area contributed by atoms with Crippen LogP contribution in [0.25, 0.3) is 0 Å². The average Bonchev–Trinajstić information content (AvgIpc) is 3.13. The lowest BCUT2D eigenvalue weighted by Gasteiger charge is -2.19. The number of nitrogens with two attached hydrogens (primary N) is 1. The van der Waals surface area contributed by atoms with Gasteiger partial charge in [-0.05, 0) is 18.9 Å². The molecule has 1 saturated carbocycles. The SMILES string of the molecule is COCCN(Cc1cc(C(=O)NN)co1)C1CC1. The van der Waals surface area contributed by atoms with Crippen LogP contribution in [0, 0.1) is 0 Å². The molecular weight excluding hydrogens is 234 g/mol. The molecular formula is C12H19N3O3. The first kappa shape index (κ1) is 13.1. The number of hydrogen-bond acceptors (Lipinski definition) is 5. The minimum absolute atomic E-state index is 0.333. The molecule has 6 heteroatoms. The van der Waals surface area contributed by atoms with Crippen molar-refractivity contribution in [3.63, 3.8) is 0 Å². The Labute approximate surface area is 106 Å². The first-order valence-electron chi connectivity index (χ1n) is 6.06. The molecule has 0 bridgehead atoms. The molecule has 1 heterocycles. The summed E-state index contributed by atoms with van der Waals surface area (Å²) in [6.07, 6.45) is 3.88. The van der Waals surface area contributed by atoms with Crippen molar-refractivity contribution in [2.75, 3.05) is 20.3 Å². The third-order valence-corrected chi connectivity index (χ3v) is 3.05. The van der Waals surface area contributed by atoms with Crippen LogP contribution in [0.2, 0.25) is 0 Å². The van der Waals surface area contributed by atoms with Gasteiger partial charge in [-0.2, -0.15) is 0 Å². The Morgan fingerprint density at radius 1 is 1.67 bits per heavy atom. The van der Waals surface area contributed by atoms with Gasteiger partial charge in [-0.3, -0.25) is 15.1 Å². The number of amides is 1. The number of rotatable bonds is 7. The van der Waals surface area contributed by atoms with Gasteiger partial charge in [0.25, 0.3) is 5.91 Å². The van der Waals surface area contributed by atoms with Crippen molar-refractivity contribution in [2.45, 2.75) is 25.4 Å².